The first-order chi connectivity index (χ1) is 11.1. The van der Waals surface area contributed by atoms with Crippen molar-refractivity contribution in [1.29, 1.82) is 0 Å². The first kappa shape index (κ1) is 17.5. The predicted octanol–water partition coefficient (Wildman–Crippen LogP) is 2.89. The van der Waals surface area contributed by atoms with Crippen LogP contribution in [0.1, 0.15) is 67.0 Å². The molecule has 5 nitrogen and oxygen atoms in total. The molecular weight excluding hydrogens is 294 g/mol. The van der Waals surface area contributed by atoms with Crippen molar-refractivity contribution < 1.29 is 19.8 Å². The fourth-order valence-electron chi connectivity index (χ4n) is 3.10. The smallest absolute Gasteiger partial charge is 0.303 e. The molecule has 2 rings (SSSR count). The van der Waals surface area contributed by atoms with Crippen LogP contribution in [-0.4, -0.2) is 28.6 Å². The molecule has 1 aromatic rings. The third kappa shape index (κ3) is 5.36. The molecule has 0 aliphatic heterocycles. The molecule has 126 valence electrons. The highest BCUT2D eigenvalue weighted by molar-refractivity contribution is 5.94. The minimum absolute atomic E-state index is 0.0484. The van der Waals surface area contributed by atoms with Gasteiger partial charge in [0.25, 0.3) is 5.91 Å². The average molecular weight is 319 g/mol. The topological polar surface area (TPSA) is 86.6 Å². The summed E-state index contributed by atoms with van der Waals surface area (Å²) in [5.41, 5.74) is 1.39. The maximum absolute atomic E-state index is 12.0. The second-order valence-corrected chi connectivity index (χ2v) is 6.22. The van der Waals surface area contributed by atoms with Crippen molar-refractivity contribution in [3.63, 3.8) is 0 Å². The maximum Gasteiger partial charge on any atom is 0.303 e. The highest BCUT2D eigenvalue weighted by atomic mass is 16.4. The first-order valence-electron chi connectivity index (χ1n) is 8.36. The average Bonchev–Trinajstić information content (AvgIpc) is 2.58. The lowest BCUT2D eigenvalue weighted by atomic mass is 9.82. The number of carboxylic acid groups (broad SMARTS) is 1. The van der Waals surface area contributed by atoms with E-state index in [0.29, 0.717) is 24.4 Å². The zero-order valence-electron chi connectivity index (χ0n) is 13.3. The van der Waals surface area contributed by atoms with Crippen LogP contribution in [0.2, 0.25) is 0 Å². The summed E-state index contributed by atoms with van der Waals surface area (Å²) in [7, 11) is 0. The summed E-state index contributed by atoms with van der Waals surface area (Å²) in [5, 5.41) is 21.7. The quantitative estimate of drug-likeness (QED) is 0.674. The van der Waals surface area contributed by atoms with Crippen LogP contribution in [-0.2, 0) is 4.79 Å². The molecular formula is C18H25NO4. The first-order valence-corrected chi connectivity index (χ1v) is 8.36. The summed E-state index contributed by atoms with van der Waals surface area (Å²) in [6.07, 6.45) is 5.75. The van der Waals surface area contributed by atoms with Gasteiger partial charge in [0.2, 0.25) is 0 Å². The van der Waals surface area contributed by atoms with Crippen molar-refractivity contribution in [3.05, 3.63) is 35.4 Å². The van der Waals surface area contributed by atoms with Gasteiger partial charge in [-0.25, -0.2) is 0 Å². The van der Waals surface area contributed by atoms with Crippen molar-refractivity contribution in [2.75, 3.05) is 6.54 Å². The Balaban J connectivity index is 1.85. The molecule has 0 saturated heterocycles. The number of hydrogen-bond acceptors (Lipinski definition) is 3. The molecule has 1 amide bonds. The Bertz CT molecular complexity index is 520. The van der Waals surface area contributed by atoms with Gasteiger partial charge >= 0.3 is 5.97 Å². The molecule has 0 heterocycles. The summed E-state index contributed by atoms with van der Waals surface area (Å²) in [6.45, 7) is 0.345. The van der Waals surface area contributed by atoms with E-state index in [9.17, 15) is 14.7 Å². The van der Waals surface area contributed by atoms with Gasteiger partial charge in [-0.3, -0.25) is 9.59 Å². The van der Waals surface area contributed by atoms with E-state index in [-0.39, 0.29) is 12.3 Å². The monoisotopic (exact) mass is 319 g/mol. The molecule has 1 aromatic carbocycles. The summed E-state index contributed by atoms with van der Waals surface area (Å²) in [4.78, 5) is 22.4. The number of aliphatic hydroxyl groups is 1. The molecule has 1 fully saturated rings. The van der Waals surface area contributed by atoms with Gasteiger partial charge in [0.15, 0.2) is 0 Å². The summed E-state index contributed by atoms with van der Waals surface area (Å²) in [5.74, 6) is -0.756. The van der Waals surface area contributed by atoms with E-state index >= 15 is 0 Å². The number of benzene rings is 1. The number of nitrogens with one attached hydrogen (secondary N) is 1. The lowest BCUT2D eigenvalue weighted by molar-refractivity contribution is -0.137. The van der Waals surface area contributed by atoms with Crippen LogP contribution in [0.15, 0.2) is 24.3 Å². The summed E-state index contributed by atoms with van der Waals surface area (Å²) >= 11 is 0. The number of hydrogen-bond donors (Lipinski definition) is 3. The van der Waals surface area contributed by atoms with Crippen LogP contribution in [0.5, 0.6) is 0 Å². The molecule has 3 N–H and O–H groups in total. The lowest BCUT2D eigenvalue weighted by Crippen LogP contribution is -2.25. The van der Waals surface area contributed by atoms with Crippen molar-refractivity contribution in [2.24, 2.45) is 5.92 Å². The lowest BCUT2D eigenvalue weighted by Gasteiger charge is -2.26. The third-order valence-corrected chi connectivity index (χ3v) is 4.46. The van der Waals surface area contributed by atoms with Gasteiger partial charge in [-0.1, -0.05) is 31.4 Å². The van der Waals surface area contributed by atoms with Gasteiger partial charge in [0.05, 0.1) is 6.10 Å². The van der Waals surface area contributed by atoms with Gasteiger partial charge in [0, 0.05) is 18.5 Å². The Kier molecular flexibility index (Phi) is 6.59. The van der Waals surface area contributed by atoms with E-state index in [2.05, 4.69) is 5.32 Å². The molecule has 1 aliphatic rings. The van der Waals surface area contributed by atoms with Crippen LogP contribution < -0.4 is 5.32 Å². The van der Waals surface area contributed by atoms with E-state index in [0.717, 1.165) is 18.4 Å². The molecule has 0 spiro atoms. The zero-order valence-corrected chi connectivity index (χ0v) is 13.3. The van der Waals surface area contributed by atoms with E-state index in [1.807, 2.05) is 12.1 Å². The standard InChI is InChI=1S/C18H25NO4/c20-16(21)7-4-12-19-18(23)15-10-8-14(9-11-15)17(22)13-5-2-1-3-6-13/h8-11,13,17,22H,1-7,12H2,(H,19,23)(H,20,21). The van der Waals surface area contributed by atoms with Gasteiger partial charge < -0.3 is 15.5 Å². The molecule has 1 unspecified atom stereocenters. The van der Waals surface area contributed by atoms with Gasteiger partial charge in [-0.05, 0) is 42.9 Å². The van der Waals surface area contributed by atoms with E-state index in [1.165, 1.54) is 19.3 Å². The van der Waals surface area contributed by atoms with Crippen molar-refractivity contribution in [1.82, 2.24) is 5.32 Å². The van der Waals surface area contributed by atoms with Gasteiger partial charge in [-0.2, -0.15) is 0 Å². The van der Waals surface area contributed by atoms with E-state index < -0.39 is 12.1 Å². The Morgan fingerprint density at radius 3 is 2.39 bits per heavy atom. The summed E-state index contributed by atoms with van der Waals surface area (Å²) < 4.78 is 0. The van der Waals surface area contributed by atoms with Crippen molar-refractivity contribution in [3.8, 4) is 0 Å². The molecule has 5 heteroatoms. The highest BCUT2D eigenvalue weighted by Gasteiger charge is 2.23. The largest absolute Gasteiger partial charge is 0.481 e. The Labute approximate surface area is 136 Å². The third-order valence-electron chi connectivity index (χ3n) is 4.46. The number of carboxylic acids is 1. The SMILES string of the molecule is O=C(O)CCCNC(=O)c1ccc(C(O)C2CCCCC2)cc1. The Morgan fingerprint density at radius 2 is 1.78 bits per heavy atom. The maximum atomic E-state index is 12.0. The number of rotatable bonds is 7. The van der Waals surface area contributed by atoms with Gasteiger partial charge in [-0.15, -0.1) is 0 Å². The molecule has 1 saturated carbocycles. The van der Waals surface area contributed by atoms with Crippen LogP contribution in [0.4, 0.5) is 0 Å². The van der Waals surface area contributed by atoms with Gasteiger partial charge in [0.1, 0.15) is 0 Å². The molecule has 23 heavy (non-hydrogen) atoms. The molecule has 1 aliphatic carbocycles. The molecule has 0 bridgehead atoms. The second-order valence-electron chi connectivity index (χ2n) is 6.22. The zero-order chi connectivity index (χ0) is 16.7. The number of carbonyl (C=O) groups excluding carboxylic acids is 1. The Hall–Kier alpha value is -1.88. The van der Waals surface area contributed by atoms with Crippen LogP contribution in [0, 0.1) is 5.92 Å². The number of aliphatic hydroxyl groups excluding tert-OH is 1. The minimum Gasteiger partial charge on any atom is -0.481 e. The van der Waals surface area contributed by atoms with Crippen molar-refractivity contribution >= 4 is 11.9 Å². The summed E-state index contributed by atoms with van der Waals surface area (Å²) in [6, 6.07) is 7.05. The fourth-order valence-corrected chi connectivity index (χ4v) is 3.10. The minimum atomic E-state index is -0.861. The van der Waals surface area contributed by atoms with Crippen LogP contribution in [0.3, 0.4) is 0 Å². The number of aliphatic carboxylic acids is 1. The second kappa shape index (κ2) is 8.67. The number of carbonyl (C=O) groups is 2. The van der Waals surface area contributed by atoms with Crippen LogP contribution >= 0.6 is 0 Å². The number of amides is 1. The fraction of sp³-hybridized carbons (Fsp3) is 0.556. The molecule has 1 atom stereocenters. The molecule has 0 aromatic heterocycles. The van der Waals surface area contributed by atoms with Crippen LogP contribution in [0.25, 0.3) is 0 Å². The Morgan fingerprint density at radius 1 is 1.13 bits per heavy atom. The molecule has 0 radical (unpaired) electrons. The normalized spacial score (nSPS) is 16.7. The van der Waals surface area contributed by atoms with E-state index in [1.54, 1.807) is 12.1 Å². The highest BCUT2D eigenvalue weighted by Crippen LogP contribution is 2.34. The predicted molar refractivity (Wildman–Crippen MR) is 87.2 cm³/mol. The van der Waals surface area contributed by atoms with Crippen molar-refractivity contribution in [2.45, 2.75) is 51.0 Å². The van der Waals surface area contributed by atoms with E-state index in [4.69, 9.17) is 5.11 Å².